The van der Waals surface area contributed by atoms with Gasteiger partial charge in [-0.1, -0.05) is 19.1 Å². The largest absolute Gasteiger partial charge is 0.356 e. The van der Waals surface area contributed by atoms with Crippen molar-refractivity contribution in [2.24, 2.45) is 0 Å². The predicted octanol–water partition coefficient (Wildman–Crippen LogP) is 1.91. The summed E-state index contributed by atoms with van der Waals surface area (Å²) < 4.78 is 0. The van der Waals surface area contributed by atoms with Crippen LogP contribution in [0.25, 0.3) is 0 Å². The van der Waals surface area contributed by atoms with Crippen LogP contribution in [0.5, 0.6) is 0 Å². The van der Waals surface area contributed by atoms with Gasteiger partial charge in [0.2, 0.25) is 5.91 Å². The van der Waals surface area contributed by atoms with Gasteiger partial charge in [0, 0.05) is 37.7 Å². The molecule has 6 nitrogen and oxygen atoms in total. The molecule has 0 atom stereocenters. The van der Waals surface area contributed by atoms with Crippen molar-refractivity contribution in [1.82, 2.24) is 10.6 Å². The van der Waals surface area contributed by atoms with Crippen molar-refractivity contribution in [3.63, 3.8) is 0 Å². The van der Waals surface area contributed by atoms with Crippen LogP contribution in [0.15, 0.2) is 18.2 Å². The summed E-state index contributed by atoms with van der Waals surface area (Å²) in [6.07, 6.45) is 1.33. The highest BCUT2D eigenvalue weighted by Crippen LogP contribution is 2.18. The van der Waals surface area contributed by atoms with Crippen LogP contribution < -0.4 is 10.6 Å². The molecule has 2 N–H and O–H groups in total. The second-order valence-electron chi connectivity index (χ2n) is 4.65. The summed E-state index contributed by atoms with van der Waals surface area (Å²) in [6, 6.07) is 5.16. The van der Waals surface area contributed by atoms with Crippen molar-refractivity contribution < 1.29 is 9.72 Å². The monoisotopic (exact) mass is 279 g/mol. The van der Waals surface area contributed by atoms with Gasteiger partial charge in [0.15, 0.2) is 0 Å². The van der Waals surface area contributed by atoms with E-state index in [1.165, 1.54) is 0 Å². The molecule has 0 saturated heterocycles. The number of nitro groups is 1. The first kappa shape index (κ1) is 16.1. The Morgan fingerprint density at radius 1 is 1.35 bits per heavy atom. The number of aryl methyl sites for hydroxylation is 1. The molecule has 0 spiro atoms. The number of hydrogen-bond donors (Lipinski definition) is 2. The van der Waals surface area contributed by atoms with Gasteiger partial charge in [-0.3, -0.25) is 14.9 Å². The van der Waals surface area contributed by atoms with Crippen molar-refractivity contribution in [3.05, 3.63) is 39.4 Å². The lowest BCUT2D eigenvalue weighted by atomic mass is 10.1. The van der Waals surface area contributed by atoms with E-state index in [2.05, 4.69) is 10.6 Å². The molecule has 110 valence electrons. The first-order valence-electron chi connectivity index (χ1n) is 6.76. The summed E-state index contributed by atoms with van der Waals surface area (Å²) in [5.41, 5.74) is 1.62. The third-order valence-electron chi connectivity index (χ3n) is 2.90. The number of carbonyl (C=O) groups excluding carboxylic acids is 1. The number of nitro benzene ring substituents is 1. The van der Waals surface area contributed by atoms with E-state index in [0.717, 1.165) is 12.0 Å². The normalized spacial score (nSPS) is 10.3. The number of nitrogens with zero attached hydrogens (tertiary/aromatic N) is 1. The fourth-order valence-corrected chi connectivity index (χ4v) is 1.75. The summed E-state index contributed by atoms with van der Waals surface area (Å²) in [5, 5.41) is 16.7. The van der Waals surface area contributed by atoms with Crippen LogP contribution in [0.2, 0.25) is 0 Å². The molecule has 0 aliphatic carbocycles. The smallest absolute Gasteiger partial charge is 0.272 e. The van der Waals surface area contributed by atoms with Crippen LogP contribution in [-0.2, 0) is 11.3 Å². The molecule has 0 radical (unpaired) electrons. The van der Waals surface area contributed by atoms with Gasteiger partial charge in [-0.05, 0) is 18.9 Å². The lowest BCUT2D eigenvalue weighted by Crippen LogP contribution is -2.28. The van der Waals surface area contributed by atoms with Gasteiger partial charge in [-0.25, -0.2) is 0 Å². The van der Waals surface area contributed by atoms with Crippen molar-refractivity contribution in [2.45, 2.75) is 33.2 Å². The third-order valence-corrected chi connectivity index (χ3v) is 2.90. The van der Waals surface area contributed by atoms with E-state index >= 15 is 0 Å². The third kappa shape index (κ3) is 5.36. The molecule has 1 rings (SSSR count). The Bertz CT molecular complexity index is 475. The highest BCUT2D eigenvalue weighted by atomic mass is 16.6. The standard InChI is InChI=1S/C14H21N3O3/c1-3-7-16-14(18)6-8-15-10-12-5-4-11(2)13(9-12)17(19)20/h4-5,9,15H,3,6-8,10H2,1-2H3,(H,16,18). The number of carbonyl (C=O) groups is 1. The number of benzene rings is 1. The minimum absolute atomic E-state index is 0.0224. The molecule has 1 aromatic rings. The fourth-order valence-electron chi connectivity index (χ4n) is 1.75. The minimum atomic E-state index is -0.378. The quantitative estimate of drug-likeness (QED) is 0.432. The average molecular weight is 279 g/mol. The summed E-state index contributed by atoms with van der Waals surface area (Å²) in [7, 11) is 0. The van der Waals surface area contributed by atoms with Gasteiger partial charge < -0.3 is 10.6 Å². The Morgan fingerprint density at radius 2 is 2.10 bits per heavy atom. The number of hydrogen-bond acceptors (Lipinski definition) is 4. The second-order valence-corrected chi connectivity index (χ2v) is 4.65. The lowest BCUT2D eigenvalue weighted by molar-refractivity contribution is -0.385. The van der Waals surface area contributed by atoms with E-state index in [1.807, 2.05) is 13.0 Å². The first-order chi connectivity index (χ1) is 9.54. The first-order valence-corrected chi connectivity index (χ1v) is 6.76. The van der Waals surface area contributed by atoms with Gasteiger partial charge >= 0.3 is 0 Å². The SMILES string of the molecule is CCCNC(=O)CCNCc1ccc(C)c([N+](=O)[O-])c1. The maximum Gasteiger partial charge on any atom is 0.272 e. The lowest BCUT2D eigenvalue weighted by Gasteiger charge is -2.06. The zero-order valence-corrected chi connectivity index (χ0v) is 11.9. The molecule has 0 aromatic heterocycles. The molecule has 0 aliphatic rings. The molecule has 0 aliphatic heterocycles. The maximum absolute atomic E-state index is 11.4. The molecule has 0 fully saturated rings. The molecular weight excluding hydrogens is 258 g/mol. The summed E-state index contributed by atoms with van der Waals surface area (Å²) in [4.78, 5) is 21.8. The molecule has 0 bridgehead atoms. The molecule has 0 saturated carbocycles. The van der Waals surface area contributed by atoms with E-state index in [1.54, 1.807) is 19.1 Å². The maximum atomic E-state index is 11.4. The minimum Gasteiger partial charge on any atom is -0.356 e. The van der Waals surface area contributed by atoms with E-state index < -0.39 is 0 Å². The molecule has 20 heavy (non-hydrogen) atoms. The molecule has 0 unspecified atom stereocenters. The van der Waals surface area contributed by atoms with Gasteiger partial charge in [-0.15, -0.1) is 0 Å². The number of amides is 1. The second kappa shape index (κ2) is 8.27. The number of nitrogens with one attached hydrogen (secondary N) is 2. The Hall–Kier alpha value is -1.95. The molecule has 1 amide bonds. The number of rotatable bonds is 8. The van der Waals surface area contributed by atoms with Crippen molar-refractivity contribution in [1.29, 1.82) is 0 Å². The zero-order chi connectivity index (χ0) is 15.0. The average Bonchev–Trinajstić information content (AvgIpc) is 2.42. The molecular formula is C14H21N3O3. The highest BCUT2D eigenvalue weighted by molar-refractivity contribution is 5.75. The van der Waals surface area contributed by atoms with Gasteiger partial charge in [0.25, 0.3) is 5.69 Å². The van der Waals surface area contributed by atoms with Crippen LogP contribution in [0.4, 0.5) is 5.69 Å². The van der Waals surface area contributed by atoms with Gasteiger partial charge in [0.05, 0.1) is 4.92 Å². The van der Waals surface area contributed by atoms with Crippen molar-refractivity contribution in [2.75, 3.05) is 13.1 Å². The molecule has 6 heteroatoms. The van der Waals surface area contributed by atoms with E-state index in [4.69, 9.17) is 0 Å². The van der Waals surface area contributed by atoms with Crippen LogP contribution in [0.3, 0.4) is 0 Å². The van der Waals surface area contributed by atoms with E-state index in [0.29, 0.717) is 31.6 Å². The Morgan fingerprint density at radius 3 is 2.75 bits per heavy atom. The Kier molecular flexibility index (Phi) is 6.66. The summed E-state index contributed by atoms with van der Waals surface area (Å²) >= 11 is 0. The Balaban J connectivity index is 2.37. The Labute approximate surface area is 118 Å². The van der Waals surface area contributed by atoms with Gasteiger partial charge in [0.1, 0.15) is 0 Å². The van der Waals surface area contributed by atoms with Crippen LogP contribution in [-0.4, -0.2) is 23.9 Å². The molecule has 0 heterocycles. The van der Waals surface area contributed by atoms with E-state index in [9.17, 15) is 14.9 Å². The van der Waals surface area contributed by atoms with Crippen LogP contribution in [0, 0.1) is 17.0 Å². The van der Waals surface area contributed by atoms with Crippen molar-refractivity contribution >= 4 is 11.6 Å². The highest BCUT2D eigenvalue weighted by Gasteiger charge is 2.10. The van der Waals surface area contributed by atoms with E-state index in [-0.39, 0.29) is 16.5 Å². The summed E-state index contributed by atoms with van der Waals surface area (Å²) in [5.74, 6) is 0.0224. The van der Waals surface area contributed by atoms with Crippen LogP contribution >= 0.6 is 0 Å². The fraction of sp³-hybridized carbons (Fsp3) is 0.500. The summed E-state index contributed by atoms with van der Waals surface area (Å²) in [6.45, 7) is 5.48. The van der Waals surface area contributed by atoms with Gasteiger partial charge in [-0.2, -0.15) is 0 Å². The zero-order valence-electron chi connectivity index (χ0n) is 11.9. The topological polar surface area (TPSA) is 84.3 Å². The molecule has 1 aromatic carbocycles. The van der Waals surface area contributed by atoms with Crippen molar-refractivity contribution in [3.8, 4) is 0 Å². The predicted molar refractivity (Wildman–Crippen MR) is 77.5 cm³/mol. The van der Waals surface area contributed by atoms with Crippen LogP contribution in [0.1, 0.15) is 30.9 Å².